The van der Waals surface area contributed by atoms with Crippen LogP contribution in [0.3, 0.4) is 0 Å². The molecule has 0 radical (unpaired) electrons. The maximum absolute atomic E-state index is 13.3. The van der Waals surface area contributed by atoms with Crippen molar-refractivity contribution in [1.82, 2.24) is 4.90 Å². The summed E-state index contributed by atoms with van der Waals surface area (Å²) >= 11 is 3.50. The minimum atomic E-state index is -0.115. The SMILES string of the molecule is CC(Br)CCN(C)Cc1ccccc1F. The van der Waals surface area contributed by atoms with Gasteiger partial charge >= 0.3 is 0 Å². The summed E-state index contributed by atoms with van der Waals surface area (Å²) in [5, 5.41) is 0. The van der Waals surface area contributed by atoms with Crippen molar-refractivity contribution in [3.63, 3.8) is 0 Å². The molecule has 0 bridgehead atoms. The highest BCUT2D eigenvalue weighted by Crippen LogP contribution is 2.10. The first-order valence-electron chi connectivity index (χ1n) is 5.15. The Morgan fingerprint density at radius 2 is 2.07 bits per heavy atom. The molecule has 0 N–H and O–H groups in total. The van der Waals surface area contributed by atoms with Crippen molar-refractivity contribution in [2.45, 2.75) is 24.7 Å². The predicted octanol–water partition coefficient (Wildman–Crippen LogP) is 3.43. The van der Waals surface area contributed by atoms with E-state index in [-0.39, 0.29) is 5.82 Å². The molecular formula is C12H17BrFN. The normalized spacial score (nSPS) is 13.1. The Kier molecular flexibility index (Phi) is 5.26. The molecule has 0 heterocycles. The summed E-state index contributed by atoms with van der Waals surface area (Å²) in [4.78, 5) is 2.65. The lowest BCUT2D eigenvalue weighted by molar-refractivity contribution is 0.317. The van der Waals surface area contributed by atoms with Crippen molar-refractivity contribution < 1.29 is 4.39 Å². The van der Waals surface area contributed by atoms with Gasteiger partial charge in [0.05, 0.1) is 0 Å². The number of halogens is 2. The van der Waals surface area contributed by atoms with Crippen LogP contribution in [-0.2, 0) is 6.54 Å². The first-order valence-corrected chi connectivity index (χ1v) is 6.07. The average molecular weight is 274 g/mol. The van der Waals surface area contributed by atoms with Gasteiger partial charge in [0.15, 0.2) is 0 Å². The van der Waals surface area contributed by atoms with Crippen LogP contribution in [0, 0.1) is 5.82 Å². The minimum absolute atomic E-state index is 0.115. The number of benzene rings is 1. The maximum atomic E-state index is 13.3. The van der Waals surface area contributed by atoms with Crippen molar-refractivity contribution in [3.05, 3.63) is 35.6 Å². The monoisotopic (exact) mass is 273 g/mol. The van der Waals surface area contributed by atoms with E-state index in [2.05, 4.69) is 27.8 Å². The summed E-state index contributed by atoms with van der Waals surface area (Å²) in [5.74, 6) is -0.115. The van der Waals surface area contributed by atoms with Gasteiger partial charge in [-0.25, -0.2) is 4.39 Å². The molecule has 0 aliphatic carbocycles. The summed E-state index contributed by atoms with van der Waals surface area (Å²) in [5.41, 5.74) is 0.766. The standard InChI is InChI=1S/C12H17BrFN/c1-10(13)7-8-15(2)9-11-5-3-4-6-12(11)14/h3-6,10H,7-9H2,1-2H3. The summed E-state index contributed by atoms with van der Waals surface area (Å²) < 4.78 is 13.3. The van der Waals surface area contributed by atoms with Crippen LogP contribution in [0.15, 0.2) is 24.3 Å². The first-order chi connectivity index (χ1) is 7.09. The molecule has 1 aromatic rings. The molecule has 0 aliphatic rings. The second-order valence-corrected chi connectivity index (χ2v) is 5.46. The van der Waals surface area contributed by atoms with Crippen LogP contribution in [0.5, 0.6) is 0 Å². The van der Waals surface area contributed by atoms with Gasteiger partial charge in [0.2, 0.25) is 0 Å². The predicted molar refractivity (Wildman–Crippen MR) is 65.7 cm³/mol. The Bertz CT molecular complexity index is 301. The van der Waals surface area contributed by atoms with Crippen molar-refractivity contribution >= 4 is 15.9 Å². The highest BCUT2D eigenvalue weighted by molar-refractivity contribution is 9.09. The zero-order chi connectivity index (χ0) is 11.3. The molecule has 1 atom stereocenters. The molecule has 1 rings (SSSR count). The van der Waals surface area contributed by atoms with Gasteiger partial charge in [-0.2, -0.15) is 0 Å². The van der Waals surface area contributed by atoms with Crippen LogP contribution >= 0.6 is 15.9 Å². The molecule has 0 fully saturated rings. The van der Waals surface area contributed by atoms with Crippen molar-refractivity contribution in [2.24, 2.45) is 0 Å². The number of hydrogen-bond donors (Lipinski definition) is 0. The van der Waals surface area contributed by atoms with E-state index in [1.807, 2.05) is 19.2 Å². The van der Waals surface area contributed by atoms with E-state index >= 15 is 0 Å². The maximum Gasteiger partial charge on any atom is 0.127 e. The zero-order valence-electron chi connectivity index (χ0n) is 9.21. The van der Waals surface area contributed by atoms with Gasteiger partial charge in [-0.05, 0) is 26.1 Å². The van der Waals surface area contributed by atoms with E-state index in [0.717, 1.165) is 18.5 Å². The summed E-state index contributed by atoms with van der Waals surface area (Å²) in [6, 6.07) is 6.94. The van der Waals surface area contributed by atoms with Crippen LogP contribution in [0.1, 0.15) is 18.9 Å². The van der Waals surface area contributed by atoms with E-state index < -0.39 is 0 Å². The van der Waals surface area contributed by atoms with Gasteiger partial charge in [-0.3, -0.25) is 0 Å². The van der Waals surface area contributed by atoms with Gasteiger partial charge < -0.3 is 4.90 Å². The molecule has 0 amide bonds. The topological polar surface area (TPSA) is 3.24 Å². The Morgan fingerprint density at radius 1 is 1.40 bits per heavy atom. The highest BCUT2D eigenvalue weighted by Gasteiger charge is 2.05. The van der Waals surface area contributed by atoms with Crippen LogP contribution in [0.2, 0.25) is 0 Å². The van der Waals surface area contributed by atoms with Gasteiger partial charge in [0, 0.05) is 16.9 Å². The lowest BCUT2D eigenvalue weighted by Crippen LogP contribution is -2.21. The third-order valence-electron chi connectivity index (χ3n) is 2.31. The van der Waals surface area contributed by atoms with Crippen LogP contribution < -0.4 is 0 Å². The third kappa shape index (κ3) is 4.76. The third-order valence-corrected chi connectivity index (χ3v) is 2.76. The molecule has 15 heavy (non-hydrogen) atoms. The minimum Gasteiger partial charge on any atom is -0.302 e. The Morgan fingerprint density at radius 3 is 2.67 bits per heavy atom. The van der Waals surface area contributed by atoms with E-state index in [1.54, 1.807) is 6.07 Å². The molecule has 1 unspecified atom stereocenters. The zero-order valence-corrected chi connectivity index (χ0v) is 10.8. The fourth-order valence-corrected chi connectivity index (χ4v) is 1.60. The van der Waals surface area contributed by atoms with E-state index in [4.69, 9.17) is 0 Å². The lowest BCUT2D eigenvalue weighted by atomic mass is 10.2. The molecule has 0 spiro atoms. The summed E-state index contributed by atoms with van der Waals surface area (Å²) in [6.07, 6.45) is 1.07. The molecule has 0 aliphatic heterocycles. The smallest absolute Gasteiger partial charge is 0.127 e. The molecule has 0 saturated carbocycles. The highest BCUT2D eigenvalue weighted by atomic mass is 79.9. The van der Waals surface area contributed by atoms with E-state index in [0.29, 0.717) is 11.4 Å². The van der Waals surface area contributed by atoms with Crippen molar-refractivity contribution in [1.29, 1.82) is 0 Å². The fourth-order valence-electron chi connectivity index (χ4n) is 1.39. The molecular weight excluding hydrogens is 257 g/mol. The molecule has 0 saturated heterocycles. The first kappa shape index (κ1) is 12.7. The molecule has 3 heteroatoms. The Labute approximate surface area is 99.4 Å². The number of alkyl halides is 1. The molecule has 84 valence electrons. The van der Waals surface area contributed by atoms with Gasteiger partial charge in [0.1, 0.15) is 5.82 Å². The second kappa shape index (κ2) is 6.23. The quantitative estimate of drug-likeness (QED) is 0.743. The molecule has 0 aromatic heterocycles. The second-order valence-electron chi connectivity index (χ2n) is 3.90. The average Bonchev–Trinajstić information content (AvgIpc) is 2.18. The lowest BCUT2D eigenvalue weighted by Gasteiger charge is -2.17. The Hall–Kier alpha value is -0.410. The van der Waals surface area contributed by atoms with E-state index in [1.165, 1.54) is 6.07 Å². The number of nitrogens with zero attached hydrogens (tertiary/aromatic N) is 1. The summed E-state index contributed by atoms with van der Waals surface area (Å²) in [6.45, 7) is 3.77. The van der Waals surface area contributed by atoms with Gasteiger partial charge in [-0.1, -0.05) is 41.1 Å². The largest absolute Gasteiger partial charge is 0.302 e. The summed E-state index contributed by atoms with van der Waals surface area (Å²) in [7, 11) is 2.02. The van der Waals surface area contributed by atoms with Gasteiger partial charge in [-0.15, -0.1) is 0 Å². The Balaban J connectivity index is 2.44. The number of hydrogen-bond acceptors (Lipinski definition) is 1. The van der Waals surface area contributed by atoms with Gasteiger partial charge in [0.25, 0.3) is 0 Å². The molecule has 1 nitrogen and oxygen atoms in total. The van der Waals surface area contributed by atoms with Crippen molar-refractivity contribution in [2.75, 3.05) is 13.6 Å². The fraction of sp³-hybridized carbons (Fsp3) is 0.500. The van der Waals surface area contributed by atoms with Crippen LogP contribution in [0.4, 0.5) is 4.39 Å². The van der Waals surface area contributed by atoms with Crippen LogP contribution in [0.25, 0.3) is 0 Å². The van der Waals surface area contributed by atoms with Crippen molar-refractivity contribution in [3.8, 4) is 0 Å². The molecule has 1 aromatic carbocycles. The van der Waals surface area contributed by atoms with Crippen LogP contribution in [-0.4, -0.2) is 23.3 Å². The van der Waals surface area contributed by atoms with E-state index in [9.17, 15) is 4.39 Å². The number of rotatable bonds is 5.